The largest absolute Gasteiger partial charge is 0.264 e. The van der Waals surface area contributed by atoms with Crippen LogP contribution < -0.4 is 0 Å². The van der Waals surface area contributed by atoms with Gasteiger partial charge in [-0.3, -0.25) is 4.98 Å². The fraction of sp³-hybridized carbons (Fsp3) is 0.0345. The first-order valence-corrected chi connectivity index (χ1v) is 22.1. The number of hydrogen-bond acceptors (Lipinski definition) is 5. The van der Waals surface area contributed by atoms with Crippen LogP contribution >= 0.6 is 11.8 Å². The lowest BCUT2D eigenvalue weighted by Crippen LogP contribution is -2.32. The molecule has 0 saturated heterocycles. The van der Waals surface area contributed by atoms with Crippen LogP contribution in [0.25, 0.3) is 78.7 Å². The minimum Gasteiger partial charge on any atom is -0.264 e. The van der Waals surface area contributed by atoms with Crippen molar-refractivity contribution in [3.05, 3.63) is 240 Å². The molecule has 0 N–H and O–H groups in total. The van der Waals surface area contributed by atoms with Gasteiger partial charge in [0, 0.05) is 44.4 Å². The van der Waals surface area contributed by atoms with E-state index in [1.54, 1.807) is 0 Å². The van der Waals surface area contributed by atoms with Crippen molar-refractivity contribution in [1.29, 1.82) is 0 Å². The predicted molar refractivity (Wildman–Crippen MR) is 256 cm³/mol. The van der Waals surface area contributed by atoms with Gasteiger partial charge in [0.25, 0.3) is 0 Å². The zero-order valence-corrected chi connectivity index (χ0v) is 35.2. The summed E-state index contributed by atoms with van der Waals surface area (Å²) in [7, 11) is 0. The molecule has 1 spiro atoms. The molecule has 2 aromatic heterocycles. The maximum Gasteiger partial charge on any atom is 0.164 e. The molecule has 0 amide bonds. The van der Waals surface area contributed by atoms with E-state index in [1.165, 1.54) is 43.2 Å². The van der Waals surface area contributed by atoms with Gasteiger partial charge in [-0.05, 0) is 110 Å². The standard InChI is InChI=1S/C58H38N4S/c1-37-31-42(36-59-35-37)43-23-8-9-24-44(43)46-34-52-47(45-25-10-11-26-49(45)58(52)50-27-12-14-29-53(50)63-54-30-15-13-28-51(54)58)33-48(46)57-61-55(39-19-6-3-7-20-39)60-56(62-57)41-22-16-21-40(32-41)38-17-4-2-5-18-38/h2-36H,1H3. The fourth-order valence-corrected chi connectivity index (χ4v) is 11.0. The van der Waals surface area contributed by atoms with Crippen molar-refractivity contribution in [2.24, 2.45) is 0 Å². The first kappa shape index (κ1) is 37.1. The molecule has 12 rings (SSSR count). The Morgan fingerprint density at radius 3 is 1.60 bits per heavy atom. The first-order valence-electron chi connectivity index (χ1n) is 21.3. The maximum absolute atomic E-state index is 5.46. The van der Waals surface area contributed by atoms with Crippen molar-refractivity contribution < 1.29 is 0 Å². The summed E-state index contributed by atoms with van der Waals surface area (Å²) in [6.07, 6.45) is 3.88. The summed E-state index contributed by atoms with van der Waals surface area (Å²) in [6.45, 7) is 2.10. The molecule has 2 aliphatic rings. The van der Waals surface area contributed by atoms with E-state index in [-0.39, 0.29) is 0 Å². The highest BCUT2D eigenvalue weighted by atomic mass is 32.2. The average Bonchev–Trinajstić information content (AvgIpc) is 3.63. The number of rotatable bonds is 6. The van der Waals surface area contributed by atoms with Crippen LogP contribution in [0.15, 0.2) is 222 Å². The molecule has 0 radical (unpaired) electrons. The molecule has 0 bridgehead atoms. The monoisotopic (exact) mass is 822 g/mol. The highest BCUT2D eigenvalue weighted by molar-refractivity contribution is 7.99. The Morgan fingerprint density at radius 1 is 0.333 bits per heavy atom. The minimum atomic E-state index is -0.561. The van der Waals surface area contributed by atoms with Gasteiger partial charge in [0.1, 0.15) is 0 Å². The molecule has 3 heterocycles. The molecule has 0 fully saturated rings. The second-order valence-corrected chi connectivity index (χ2v) is 17.3. The third kappa shape index (κ3) is 6.07. The second-order valence-electron chi connectivity index (χ2n) is 16.2. The van der Waals surface area contributed by atoms with Crippen molar-refractivity contribution in [3.63, 3.8) is 0 Å². The van der Waals surface area contributed by atoms with Crippen LogP contribution in [0.1, 0.15) is 27.8 Å². The zero-order chi connectivity index (χ0) is 41.9. The summed E-state index contributed by atoms with van der Waals surface area (Å²) in [4.78, 5) is 23.3. The Morgan fingerprint density at radius 2 is 0.889 bits per heavy atom. The molecular weight excluding hydrogens is 785 g/mol. The maximum atomic E-state index is 5.46. The minimum absolute atomic E-state index is 0.561. The zero-order valence-electron chi connectivity index (χ0n) is 34.4. The lowest BCUT2D eigenvalue weighted by molar-refractivity contribution is 0.722. The Labute approximate surface area is 371 Å². The van der Waals surface area contributed by atoms with Crippen molar-refractivity contribution in [2.75, 3.05) is 0 Å². The molecule has 0 unspecified atom stereocenters. The quantitative estimate of drug-likeness (QED) is 0.167. The summed E-state index contributed by atoms with van der Waals surface area (Å²) < 4.78 is 0. The summed E-state index contributed by atoms with van der Waals surface area (Å²) >= 11 is 1.86. The van der Waals surface area contributed by atoms with Gasteiger partial charge in [-0.15, -0.1) is 0 Å². The molecule has 5 heteroatoms. The molecule has 63 heavy (non-hydrogen) atoms. The molecule has 1 aliphatic heterocycles. The van der Waals surface area contributed by atoms with Crippen LogP contribution in [0.2, 0.25) is 0 Å². The topological polar surface area (TPSA) is 51.6 Å². The second kappa shape index (κ2) is 15.0. The van der Waals surface area contributed by atoms with Crippen LogP contribution in [-0.4, -0.2) is 19.9 Å². The van der Waals surface area contributed by atoms with Crippen molar-refractivity contribution >= 4 is 11.8 Å². The third-order valence-electron chi connectivity index (χ3n) is 12.5. The molecule has 10 aromatic rings. The number of aromatic nitrogens is 4. The van der Waals surface area contributed by atoms with Crippen LogP contribution in [0.5, 0.6) is 0 Å². The van der Waals surface area contributed by atoms with Crippen LogP contribution in [-0.2, 0) is 5.41 Å². The van der Waals surface area contributed by atoms with Gasteiger partial charge < -0.3 is 0 Å². The average molecular weight is 823 g/mol. The van der Waals surface area contributed by atoms with Gasteiger partial charge in [-0.1, -0.05) is 176 Å². The van der Waals surface area contributed by atoms with Gasteiger partial charge in [-0.25, -0.2) is 15.0 Å². The molecule has 4 nitrogen and oxygen atoms in total. The number of pyridine rings is 1. The number of aryl methyl sites for hydroxylation is 1. The highest BCUT2D eigenvalue weighted by Gasteiger charge is 2.50. The Hall–Kier alpha value is -7.73. The molecule has 8 aromatic carbocycles. The van der Waals surface area contributed by atoms with Gasteiger partial charge in [0.05, 0.1) is 5.41 Å². The predicted octanol–water partition coefficient (Wildman–Crippen LogP) is 14.4. The van der Waals surface area contributed by atoms with E-state index < -0.39 is 5.41 Å². The molecule has 296 valence electrons. The number of benzene rings is 8. The third-order valence-corrected chi connectivity index (χ3v) is 13.7. The van der Waals surface area contributed by atoms with E-state index >= 15 is 0 Å². The van der Waals surface area contributed by atoms with Crippen LogP contribution in [0.3, 0.4) is 0 Å². The lowest BCUT2D eigenvalue weighted by Gasteiger charge is -2.39. The summed E-state index contributed by atoms with van der Waals surface area (Å²) in [6, 6.07) is 71.8. The SMILES string of the molecule is Cc1cncc(-c2ccccc2-c2cc3c(cc2-c2nc(-c4ccccc4)nc(-c4cccc(-c5ccccc5)c4)n2)-c2ccccc2C32c3ccccc3Sc3ccccc32)c1. The fourth-order valence-electron chi connectivity index (χ4n) is 9.79. The summed E-state index contributed by atoms with van der Waals surface area (Å²) in [5.41, 5.74) is 17.3. The summed E-state index contributed by atoms with van der Waals surface area (Å²) in [5, 5.41) is 0. The van der Waals surface area contributed by atoms with Crippen LogP contribution in [0.4, 0.5) is 0 Å². The van der Waals surface area contributed by atoms with E-state index in [2.05, 4.69) is 188 Å². The van der Waals surface area contributed by atoms with Gasteiger partial charge in [-0.2, -0.15) is 0 Å². The van der Waals surface area contributed by atoms with Crippen molar-refractivity contribution in [2.45, 2.75) is 22.1 Å². The lowest BCUT2D eigenvalue weighted by atomic mass is 9.67. The number of nitrogens with zero attached hydrogens (tertiary/aromatic N) is 4. The first-order chi connectivity index (χ1) is 31.1. The Balaban J connectivity index is 1.19. The highest BCUT2D eigenvalue weighted by Crippen LogP contribution is 2.63. The molecule has 1 aliphatic carbocycles. The molecule has 0 atom stereocenters. The van der Waals surface area contributed by atoms with E-state index in [0.29, 0.717) is 17.5 Å². The van der Waals surface area contributed by atoms with E-state index in [0.717, 1.165) is 55.6 Å². The normalized spacial score (nSPS) is 12.9. The van der Waals surface area contributed by atoms with Crippen molar-refractivity contribution in [3.8, 4) is 78.7 Å². The van der Waals surface area contributed by atoms with E-state index in [1.807, 2.05) is 48.4 Å². The summed E-state index contributed by atoms with van der Waals surface area (Å²) in [5.74, 6) is 1.84. The molecule has 0 saturated carbocycles. The van der Waals surface area contributed by atoms with Gasteiger partial charge in [0.2, 0.25) is 0 Å². The number of hydrogen-bond donors (Lipinski definition) is 0. The Kier molecular flexibility index (Phi) is 8.83. The smallest absolute Gasteiger partial charge is 0.164 e. The van der Waals surface area contributed by atoms with Crippen LogP contribution in [0, 0.1) is 6.92 Å². The Bertz CT molecular complexity index is 3350. The molecular formula is C58H38N4S. The van der Waals surface area contributed by atoms with E-state index in [4.69, 9.17) is 15.0 Å². The van der Waals surface area contributed by atoms with Gasteiger partial charge in [0.15, 0.2) is 17.5 Å². The van der Waals surface area contributed by atoms with Gasteiger partial charge >= 0.3 is 0 Å². The van der Waals surface area contributed by atoms with E-state index in [9.17, 15) is 0 Å². The van der Waals surface area contributed by atoms with Crippen molar-refractivity contribution in [1.82, 2.24) is 19.9 Å². The number of fused-ring (bicyclic) bond motifs is 9.